The van der Waals surface area contributed by atoms with Gasteiger partial charge in [0.15, 0.2) is 0 Å². The van der Waals surface area contributed by atoms with Gasteiger partial charge in [0.2, 0.25) is 11.2 Å². The molecule has 35 heavy (non-hydrogen) atoms. The van der Waals surface area contributed by atoms with Crippen LogP contribution in [0.1, 0.15) is 31.1 Å². The molecule has 2 aromatic carbocycles. The van der Waals surface area contributed by atoms with Crippen molar-refractivity contribution in [2.45, 2.75) is 39.0 Å². The van der Waals surface area contributed by atoms with Gasteiger partial charge in [-0.05, 0) is 55.5 Å². The number of aliphatic hydroxyl groups excluding tert-OH is 1. The number of fused-ring (bicyclic) bond motifs is 1. The number of hydrogen-bond acceptors (Lipinski definition) is 5. The summed E-state index contributed by atoms with van der Waals surface area (Å²) in [5.41, 5.74) is -0.446. The number of quaternary nitrogens is 1. The number of ether oxygens (including phenoxy) is 2. The summed E-state index contributed by atoms with van der Waals surface area (Å²) < 4.78 is 57.4. The summed E-state index contributed by atoms with van der Waals surface area (Å²) in [6, 6.07) is 10.4. The van der Waals surface area contributed by atoms with E-state index >= 15 is 0 Å². The maximum atomic E-state index is 13.8. The van der Waals surface area contributed by atoms with E-state index in [0.717, 1.165) is 31.5 Å². The summed E-state index contributed by atoms with van der Waals surface area (Å²) in [5.74, 6) is -1.44. The molecule has 9 heteroatoms. The predicted molar refractivity (Wildman–Crippen MR) is 124 cm³/mol. The van der Waals surface area contributed by atoms with E-state index in [1.807, 2.05) is 0 Å². The van der Waals surface area contributed by atoms with Crippen molar-refractivity contribution < 1.29 is 37.1 Å². The molecular formula is C26H29F3NO5+. The average molecular weight is 493 g/mol. The fourth-order valence-electron chi connectivity index (χ4n) is 4.28. The third-order valence-electron chi connectivity index (χ3n) is 6.24. The van der Waals surface area contributed by atoms with E-state index < -0.39 is 29.2 Å². The van der Waals surface area contributed by atoms with Gasteiger partial charge in [0.25, 0.3) is 5.76 Å². The zero-order valence-electron chi connectivity index (χ0n) is 19.7. The lowest BCUT2D eigenvalue weighted by Gasteiger charge is -2.28. The van der Waals surface area contributed by atoms with Gasteiger partial charge in [-0.1, -0.05) is 19.1 Å². The molecule has 0 amide bonds. The molecule has 1 atom stereocenters. The van der Waals surface area contributed by atoms with E-state index in [2.05, 4.69) is 6.92 Å². The lowest BCUT2D eigenvalue weighted by molar-refractivity contribution is -0.909. The van der Waals surface area contributed by atoms with Crippen LogP contribution in [-0.2, 0) is 6.18 Å². The molecule has 4 rings (SSSR count). The third-order valence-corrected chi connectivity index (χ3v) is 6.24. The number of piperidine rings is 1. The topological polar surface area (TPSA) is 73.3 Å². The molecule has 1 saturated heterocycles. The highest BCUT2D eigenvalue weighted by atomic mass is 19.4. The first-order chi connectivity index (χ1) is 16.6. The van der Waals surface area contributed by atoms with Gasteiger partial charge >= 0.3 is 6.18 Å². The van der Waals surface area contributed by atoms with Crippen molar-refractivity contribution in [3.8, 4) is 17.2 Å². The van der Waals surface area contributed by atoms with E-state index in [1.54, 1.807) is 19.1 Å². The monoisotopic (exact) mass is 492 g/mol. The molecule has 0 bridgehead atoms. The Hall–Kier alpha value is -3.04. The van der Waals surface area contributed by atoms with Crippen molar-refractivity contribution in [3.63, 3.8) is 0 Å². The van der Waals surface area contributed by atoms with E-state index in [1.165, 1.54) is 35.2 Å². The van der Waals surface area contributed by atoms with Crippen LogP contribution in [0.3, 0.4) is 0 Å². The Morgan fingerprint density at radius 2 is 1.89 bits per heavy atom. The van der Waals surface area contributed by atoms with Gasteiger partial charge in [0, 0.05) is 6.07 Å². The minimum atomic E-state index is -4.95. The summed E-state index contributed by atoms with van der Waals surface area (Å²) in [5, 5.41) is 10.3. The van der Waals surface area contributed by atoms with Crippen LogP contribution in [0.15, 0.2) is 51.7 Å². The maximum Gasteiger partial charge on any atom is 0.453 e. The van der Waals surface area contributed by atoms with Crippen molar-refractivity contribution in [3.05, 3.63) is 64.0 Å². The Bertz CT molecular complexity index is 1230. The number of aryl methyl sites for hydroxylation is 1. The van der Waals surface area contributed by atoms with Crippen molar-refractivity contribution >= 4 is 11.0 Å². The number of alkyl halides is 3. The van der Waals surface area contributed by atoms with Crippen LogP contribution in [0.5, 0.6) is 17.2 Å². The first-order valence-corrected chi connectivity index (χ1v) is 11.7. The number of halogens is 3. The van der Waals surface area contributed by atoms with Crippen LogP contribution in [-0.4, -0.2) is 37.5 Å². The summed E-state index contributed by atoms with van der Waals surface area (Å²) in [6.07, 6.45) is -3.45. The summed E-state index contributed by atoms with van der Waals surface area (Å²) in [4.78, 5) is 14.2. The van der Waals surface area contributed by atoms with Crippen LogP contribution < -0.4 is 19.8 Å². The predicted octanol–water partition coefficient (Wildman–Crippen LogP) is 3.97. The van der Waals surface area contributed by atoms with Gasteiger partial charge in [0.05, 0.1) is 18.5 Å². The van der Waals surface area contributed by atoms with E-state index in [0.29, 0.717) is 12.5 Å². The molecule has 188 valence electrons. The number of hydrogen-bond donors (Lipinski definition) is 2. The summed E-state index contributed by atoms with van der Waals surface area (Å²) in [7, 11) is 0. The largest absolute Gasteiger partial charge is 0.491 e. The van der Waals surface area contributed by atoms with E-state index in [-0.39, 0.29) is 29.1 Å². The molecule has 1 aromatic heterocycles. The third kappa shape index (κ3) is 6.15. The smallest absolute Gasteiger partial charge is 0.453 e. The van der Waals surface area contributed by atoms with E-state index in [9.17, 15) is 23.1 Å². The van der Waals surface area contributed by atoms with Crippen molar-refractivity contribution in [1.29, 1.82) is 0 Å². The number of aliphatic hydroxyl groups is 1. The minimum absolute atomic E-state index is 0.0184. The van der Waals surface area contributed by atoms with Crippen LogP contribution in [0, 0.1) is 12.8 Å². The molecule has 1 aliphatic heterocycles. The maximum absolute atomic E-state index is 13.8. The van der Waals surface area contributed by atoms with Crippen LogP contribution >= 0.6 is 0 Å². The number of rotatable bonds is 7. The van der Waals surface area contributed by atoms with Gasteiger partial charge in [-0.3, -0.25) is 4.79 Å². The Balaban J connectivity index is 1.55. The molecule has 0 spiro atoms. The highest BCUT2D eigenvalue weighted by molar-refractivity contribution is 5.79. The van der Waals surface area contributed by atoms with Gasteiger partial charge in [0.1, 0.15) is 36.3 Å². The SMILES string of the molecule is Cc1cccc(Oc2c(C(F)(F)F)oc3cc(OCC(O)C[NH+]4CCC(C)CC4)ccc3c2=O)c1. The first-order valence-electron chi connectivity index (χ1n) is 11.7. The standard InChI is InChI=1S/C26H28F3NO5/c1-16-8-10-30(11-9-16)14-18(31)15-33-19-6-7-21-22(13-19)35-25(26(27,28)29)24(23(21)32)34-20-5-3-4-17(2)12-20/h3-7,12-13,16,18,31H,8-11,14-15H2,1-2H3/p+1. The fourth-order valence-corrected chi connectivity index (χ4v) is 4.28. The van der Waals surface area contributed by atoms with Gasteiger partial charge in [-0.25, -0.2) is 0 Å². The van der Waals surface area contributed by atoms with Crippen LogP contribution in [0.2, 0.25) is 0 Å². The van der Waals surface area contributed by atoms with Crippen molar-refractivity contribution in [2.75, 3.05) is 26.2 Å². The second kappa shape index (κ2) is 10.3. The Morgan fingerprint density at radius 3 is 2.57 bits per heavy atom. The highest BCUT2D eigenvalue weighted by Crippen LogP contribution is 2.38. The molecule has 0 saturated carbocycles. The van der Waals surface area contributed by atoms with Crippen LogP contribution in [0.25, 0.3) is 11.0 Å². The average Bonchev–Trinajstić information content (AvgIpc) is 2.80. The molecule has 1 aliphatic rings. The molecule has 0 aliphatic carbocycles. The second-order valence-corrected chi connectivity index (χ2v) is 9.27. The van der Waals surface area contributed by atoms with Gasteiger partial charge in [-0.15, -0.1) is 0 Å². The molecule has 1 fully saturated rings. The second-order valence-electron chi connectivity index (χ2n) is 9.27. The highest BCUT2D eigenvalue weighted by Gasteiger charge is 2.40. The molecule has 1 unspecified atom stereocenters. The lowest BCUT2D eigenvalue weighted by Crippen LogP contribution is -3.14. The lowest BCUT2D eigenvalue weighted by atomic mass is 9.99. The molecule has 0 radical (unpaired) electrons. The van der Waals surface area contributed by atoms with Gasteiger partial charge < -0.3 is 23.9 Å². The normalized spacial score (nSPS) is 19.5. The Kier molecular flexibility index (Phi) is 7.37. The zero-order chi connectivity index (χ0) is 25.2. The van der Waals surface area contributed by atoms with Crippen molar-refractivity contribution in [2.24, 2.45) is 5.92 Å². The quantitative estimate of drug-likeness (QED) is 0.522. The molecule has 2 N–H and O–H groups in total. The summed E-state index contributed by atoms with van der Waals surface area (Å²) in [6.45, 7) is 6.48. The van der Waals surface area contributed by atoms with Crippen LogP contribution in [0.4, 0.5) is 13.2 Å². The minimum Gasteiger partial charge on any atom is -0.491 e. The molecule has 3 aromatic rings. The van der Waals surface area contributed by atoms with Crippen molar-refractivity contribution in [1.82, 2.24) is 0 Å². The summed E-state index contributed by atoms with van der Waals surface area (Å²) >= 11 is 0. The Labute approximate surface area is 200 Å². The number of nitrogens with one attached hydrogen (secondary N) is 1. The molecular weight excluding hydrogens is 463 g/mol. The molecule has 2 heterocycles. The first kappa shape index (κ1) is 25.1. The van der Waals surface area contributed by atoms with E-state index in [4.69, 9.17) is 13.9 Å². The molecule has 6 nitrogen and oxygen atoms in total. The zero-order valence-corrected chi connectivity index (χ0v) is 19.7. The Morgan fingerprint density at radius 1 is 1.14 bits per heavy atom. The fraction of sp³-hybridized carbons (Fsp3) is 0.423. The number of likely N-dealkylation sites (tertiary alicyclic amines) is 1. The van der Waals surface area contributed by atoms with Gasteiger partial charge in [-0.2, -0.15) is 13.2 Å². The number of benzene rings is 2.